The van der Waals surface area contributed by atoms with Crippen LogP contribution >= 0.6 is 24.8 Å². The molecule has 0 aromatic heterocycles. The van der Waals surface area contributed by atoms with Gasteiger partial charge in [-0.15, -0.1) is 24.8 Å². The van der Waals surface area contributed by atoms with Crippen molar-refractivity contribution in [3.63, 3.8) is 0 Å². The van der Waals surface area contributed by atoms with Crippen LogP contribution in [-0.2, 0) is 4.79 Å². The third kappa shape index (κ3) is 3.73. The summed E-state index contributed by atoms with van der Waals surface area (Å²) in [6, 6.07) is 0.526. The number of piperazine rings is 1. The van der Waals surface area contributed by atoms with Gasteiger partial charge in [0, 0.05) is 25.2 Å². The molecule has 2 aliphatic heterocycles. The first-order chi connectivity index (χ1) is 7.59. The van der Waals surface area contributed by atoms with Gasteiger partial charge in [-0.05, 0) is 33.2 Å². The maximum Gasteiger partial charge on any atom is 0.239 e. The Balaban J connectivity index is 0.00000144. The highest BCUT2D eigenvalue weighted by atomic mass is 35.5. The van der Waals surface area contributed by atoms with Crippen LogP contribution in [-0.4, -0.2) is 53.5 Å². The van der Waals surface area contributed by atoms with E-state index in [0.717, 1.165) is 13.1 Å². The number of piperidine rings is 1. The number of halogens is 2. The average molecular weight is 298 g/mol. The fraction of sp³-hybridized carbons (Fsp3) is 0.917. The van der Waals surface area contributed by atoms with Crippen molar-refractivity contribution < 1.29 is 4.79 Å². The molecule has 2 aliphatic rings. The predicted molar refractivity (Wildman–Crippen MR) is 78.5 cm³/mol. The first-order valence-corrected chi connectivity index (χ1v) is 6.39. The number of nitrogens with zero attached hydrogens (tertiary/aromatic N) is 2. The van der Waals surface area contributed by atoms with E-state index < -0.39 is 0 Å². The summed E-state index contributed by atoms with van der Waals surface area (Å²) in [7, 11) is 0. The Morgan fingerprint density at radius 1 is 1.28 bits per heavy atom. The zero-order valence-corrected chi connectivity index (χ0v) is 12.8. The van der Waals surface area contributed by atoms with Gasteiger partial charge in [-0.3, -0.25) is 9.69 Å². The Morgan fingerprint density at radius 3 is 2.56 bits per heavy atom. The van der Waals surface area contributed by atoms with Crippen LogP contribution in [0, 0.1) is 0 Å². The third-order valence-corrected chi connectivity index (χ3v) is 3.86. The third-order valence-electron chi connectivity index (χ3n) is 3.86. The van der Waals surface area contributed by atoms with Gasteiger partial charge in [-0.25, -0.2) is 0 Å². The van der Waals surface area contributed by atoms with Crippen molar-refractivity contribution in [2.45, 2.75) is 51.2 Å². The molecule has 0 bridgehead atoms. The Morgan fingerprint density at radius 2 is 1.94 bits per heavy atom. The van der Waals surface area contributed by atoms with Crippen LogP contribution in [0.4, 0.5) is 0 Å². The molecule has 2 fully saturated rings. The molecule has 3 atom stereocenters. The number of hydrogen-bond acceptors (Lipinski definition) is 3. The Hall–Kier alpha value is -0.0300. The SMILES string of the molecule is CC1CN2CCCCC2CN1C(=O)[C@@H](C)N.Cl.Cl. The second-order valence-corrected chi connectivity index (χ2v) is 5.27. The lowest BCUT2D eigenvalue weighted by Gasteiger charge is -2.47. The summed E-state index contributed by atoms with van der Waals surface area (Å²) in [6.07, 6.45) is 3.84. The van der Waals surface area contributed by atoms with Crippen molar-refractivity contribution in [1.29, 1.82) is 0 Å². The lowest BCUT2D eigenvalue weighted by atomic mass is 9.97. The molecule has 0 radical (unpaired) electrons. The Bertz CT molecular complexity index is 276. The Labute approximate surface area is 122 Å². The summed E-state index contributed by atoms with van der Waals surface area (Å²) >= 11 is 0. The molecule has 0 aromatic rings. The van der Waals surface area contributed by atoms with E-state index >= 15 is 0 Å². The van der Waals surface area contributed by atoms with Gasteiger partial charge >= 0.3 is 0 Å². The molecule has 108 valence electrons. The van der Waals surface area contributed by atoms with Crippen LogP contribution in [0.25, 0.3) is 0 Å². The quantitative estimate of drug-likeness (QED) is 0.793. The topological polar surface area (TPSA) is 49.6 Å². The molecule has 4 nitrogen and oxygen atoms in total. The smallest absolute Gasteiger partial charge is 0.239 e. The normalized spacial score (nSPS) is 29.6. The molecule has 0 aromatic carbocycles. The molecule has 6 heteroatoms. The van der Waals surface area contributed by atoms with E-state index in [1.807, 2.05) is 4.90 Å². The lowest BCUT2D eigenvalue weighted by molar-refractivity contribution is -0.139. The minimum absolute atomic E-state index is 0. The molecule has 1 amide bonds. The molecular weight excluding hydrogens is 273 g/mol. The standard InChI is InChI=1S/C12H23N3O.2ClH/c1-9-7-14-6-4-3-5-11(14)8-15(9)12(16)10(2)13;;/h9-11H,3-8,13H2,1-2H3;2*1H/t9?,10-,11?;;/m1../s1. The number of hydrogen-bond donors (Lipinski definition) is 1. The number of amides is 1. The minimum Gasteiger partial charge on any atom is -0.336 e. The van der Waals surface area contributed by atoms with Crippen LogP contribution in [0.2, 0.25) is 0 Å². The fourth-order valence-electron chi connectivity index (χ4n) is 2.92. The first-order valence-electron chi connectivity index (χ1n) is 6.39. The van der Waals surface area contributed by atoms with Crippen molar-refractivity contribution >= 4 is 30.7 Å². The molecular formula is C12H25Cl2N3O. The van der Waals surface area contributed by atoms with Gasteiger partial charge in [-0.2, -0.15) is 0 Å². The van der Waals surface area contributed by atoms with Gasteiger partial charge in [0.25, 0.3) is 0 Å². The summed E-state index contributed by atoms with van der Waals surface area (Å²) in [4.78, 5) is 16.5. The van der Waals surface area contributed by atoms with Crippen LogP contribution in [0.5, 0.6) is 0 Å². The molecule has 0 saturated carbocycles. The number of carbonyl (C=O) groups is 1. The van der Waals surface area contributed by atoms with E-state index in [2.05, 4.69) is 11.8 Å². The van der Waals surface area contributed by atoms with Crippen LogP contribution < -0.4 is 5.73 Å². The Kier molecular flexibility index (Phi) is 7.52. The molecule has 2 unspecified atom stereocenters. The zero-order valence-electron chi connectivity index (χ0n) is 11.2. The highest BCUT2D eigenvalue weighted by molar-refractivity contribution is 5.85. The summed E-state index contributed by atoms with van der Waals surface area (Å²) in [5.74, 6) is 0.109. The number of rotatable bonds is 1. The van der Waals surface area contributed by atoms with Crippen LogP contribution in [0.1, 0.15) is 33.1 Å². The molecule has 0 spiro atoms. The van der Waals surface area contributed by atoms with Gasteiger partial charge in [0.05, 0.1) is 6.04 Å². The summed E-state index contributed by atoms with van der Waals surface area (Å²) in [6.45, 7) is 7.01. The van der Waals surface area contributed by atoms with Gasteiger partial charge in [-0.1, -0.05) is 6.42 Å². The fourth-order valence-corrected chi connectivity index (χ4v) is 2.92. The van der Waals surface area contributed by atoms with E-state index in [9.17, 15) is 4.79 Å². The van der Waals surface area contributed by atoms with Gasteiger partial charge in [0.2, 0.25) is 5.91 Å². The first kappa shape index (κ1) is 18.0. The maximum absolute atomic E-state index is 12.0. The number of nitrogens with two attached hydrogens (primary N) is 1. The highest BCUT2D eigenvalue weighted by Crippen LogP contribution is 2.24. The van der Waals surface area contributed by atoms with Gasteiger partial charge in [0.1, 0.15) is 0 Å². The molecule has 18 heavy (non-hydrogen) atoms. The highest BCUT2D eigenvalue weighted by Gasteiger charge is 2.35. The predicted octanol–water partition coefficient (Wildman–Crippen LogP) is 1.26. The van der Waals surface area contributed by atoms with Crippen molar-refractivity contribution in [2.75, 3.05) is 19.6 Å². The number of fused-ring (bicyclic) bond motifs is 1. The average Bonchev–Trinajstić information content (AvgIpc) is 2.27. The largest absolute Gasteiger partial charge is 0.336 e. The van der Waals surface area contributed by atoms with E-state index in [4.69, 9.17) is 5.73 Å². The molecule has 2 heterocycles. The van der Waals surface area contributed by atoms with Crippen molar-refractivity contribution in [3.05, 3.63) is 0 Å². The second-order valence-electron chi connectivity index (χ2n) is 5.27. The van der Waals surface area contributed by atoms with Gasteiger partial charge in [0.15, 0.2) is 0 Å². The van der Waals surface area contributed by atoms with Gasteiger partial charge < -0.3 is 10.6 Å². The molecule has 2 rings (SSSR count). The lowest BCUT2D eigenvalue weighted by Crippen LogP contribution is -2.62. The second kappa shape index (κ2) is 7.53. The van der Waals surface area contributed by atoms with E-state index in [-0.39, 0.29) is 36.8 Å². The summed E-state index contributed by atoms with van der Waals surface area (Å²) in [5, 5.41) is 0. The summed E-state index contributed by atoms with van der Waals surface area (Å²) in [5.41, 5.74) is 5.69. The van der Waals surface area contributed by atoms with Crippen LogP contribution in [0.3, 0.4) is 0 Å². The zero-order chi connectivity index (χ0) is 11.7. The molecule has 2 N–H and O–H groups in total. The van der Waals surface area contributed by atoms with E-state index in [1.54, 1.807) is 6.92 Å². The molecule has 2 saturated heterocycles. The number of carbonyl (C=O) groups excluding carboxylic acids is 1. The van der Waals surface area contributed by atoms with Crippen molar-refractivity contribution in [1.82, 2.24) is 9.80 Å². The monoisotopic (exact) mass is 297 g/mol. The summed E-state index contributed by atoms with van der Waals surface area (Å²) < 4.78 is 0. The molecule has 0 aliphatic carbocycles. The van der Waals surface area contributed by atoms with E-state index in [0.29, 0.717) is 12.1 Å². The minimum atomic E-state index is -0.363. The van der Waals surface area contributed by atoms with E-state index in [1.165, 1.54) is 25.8 Å². The van der Waals surface area contributed by atoms with Crippen molar-refractivity contribution in [2.24, 2.45) is 5.73 Å². The van der Waals surface area contributed by atoms with Crippen LogP contribution in [0.15, 0.2) is 0 Å². The maximum atomic E-state index is 12.0. The van der Waals surface area contributed by atoms with Crippen molar-refractivity contribution in [3.8, 4) is 0 Å².